The molecule has 1 aromatic carbocycles. The second-order valence-electron chi connectivity index (χ2n) is 6.04. The molecule has 2 aromatic rings. The number of pyridine rings is 1. The van der Waals surface area contributed by atoms with Gasteiger partial charge in [-0.15, -0.1) is 0 Å². The Hall–Kier alpha value is -1.41. The minimum absolute atomic E-state index is 0.458. The van der Waals surface area contributed by atoms with Crippen molar-refractivity contribution in [2.45, 2.75) is 53.0 Å². The topological polar surface area (TPSA) is 24.9 Å². The molecule has 0 fully saturated rings. The first-order chi connectivity index (χ1) is 9.54. The van der Waals surface area contributed by atoms with Gasteiger partial charge >= 0.3 is 0 Å². The fourth-order valence-corrected chi connectivity index (χ4v) is 2.53. The van der Waals surface area contributed by atoms with Crippen LogP contribution in [0.15, 0.2) is 24.3 Å². The third-order valence-electron chi connectivity index (χ3n) is 3.76. The monoisotopic (exact) mass is 270 g/mol. The van der Waals surface area contributed by atoms with Crippen molar-refractivity contribution in [2.75, 3.05) is 6.54 Å². The third kappa shape index (κ3) is 3.01. The first kappa shape index (κ1) is 15.0. The van der Waals surface area contributed by atoms with Crippen molar-refractivity contribution in [3.8, 4) is 0 Å². The van der Waals surface area contributed by atoms with Crippen molar-refractivity contribution in [3.05, 3.63) is 41.1 Å². The molecule has 2 rings (SSSR count). The second-order valence-corrected chi connectivity index (χ2v) is 6.04. The van der Waals surface area contributed by atoms with Gasteiger partial charge in [-0.2, -0.15) is 0 Å². The van der Waals surface area contributed by atoms with Crippen LogP contribution in [0.1, 0.15) is 63.3 Å². The Bertz CT molecular complexity index is 585. The number of rotatable bonds is 5. The van der Waals surface area contributed by atoms with Gasteiger partial charge < -0.3 is 5.32 Å². The molecule has 0 aliphatic carbocycles. The van der Waals surface area contributed by atoms with Crippen LogP contribution >= 0.6 is 0 Å². The zero-order valence-electron chi connectivity index (χ0n) is 13.3. The summed E-state index contributed by atoms with van der Waals surface area (Å²) in [5.74, 6) is 0.959. The van der Waals surface area contributed by atoms with E-state index in [0.29, 0.717) is 11.8 Å². The fraction of sp³-hybridized carbons (Fsp3) is 0.500. The summed E-state index contributed by atoms with van der Waals surface area (Å²) in [6.07, 6.45) is 0. The number of hydrogen-bond acceptors (Lipinski definition) is 2. The molecule has 0 unspecified atom stereocenters. The van der Waals surface area contributed by atoms with Crippen LogP contribution in [0, 0.1) is 0 Å². The van der Waals surface area contributed by atoms with Gasteiger partial charge in [-0.05, 0) is 35.6 Å². The van der Waals surface area contributed by atoms with Gasteiger partial charge in [0.15, 0.2) is 0 Å². The summed E-state index contributed by atoms with van der Waals surface area (Å²) in [4.78, 5) is 4.94. The Balaban J connectivity index is 2.66. The second kappa shape index (κ2) is 6.36. The zero-order valence-corrected chi connectivity index (χ0v) is 13.3. The highest BCUT2D eigenvalue weighted by Crippen LogP contribution is 2.28. The van der Waals surface area contributed by atoms with E-state index in [1.807, 2.05) is 0 Å². The molecule has 1 heterocycles. The molecular weight excluding hydrogens is 244 g/mol. The zero-order chi connectivity index (χ0) is 14.7. The van der Waals surface area contributed by atoms with Crippen LogP contribution in [0.3, 0.4) is 0 Å². The molecular formula is C18H26N2. The quantitative estimate of drug-likeness (QED) is 0.859. The SMILES string of the molecule is CCNCc1cc(C(C)C)nc2c(C(C)C)cccc12. The summed E-state index contributed by atoms with van der Waals surface area (Å²) in [6, 6.07) is 8.83. The average Bonchev–Trinajstić information content (AvgIpc) is 2.43. The van der Waals surface area contributed by atoms with Crippen molar-refractivity contribution in [1.82, 2.24) is 10.3 Å². The first-order valence-electron chi connectivity index (χ1n) is 7.67. The van der Waals surface area contributed by atoms with E-state index in [4.69, 9.17) is 4.98 Å². The third-order valence-corrected chi connectivity index (χ3v) is 3.76. The van der Waals surface area contributed by atoms with Crippen molar-refractivity contribution >= 4 is 10.9 Å². The van der Waals surface area contributed by atoms with Gasteiger partial charge in [0, 0.05) is 17.6 Å². The summed E-state index contributed by atoms with van der Waals surface area (Å²) in [7, 11) is 0. The number of hydrogen-bond donors (Lipinski definition) is 1. The molecule has 1 aromatic heterocycles. The van der Waals surface area contributed by atoms with E-state index < -0.39 is 0 Å². The highest BCUT2D eigenvalue weighted by molar-refractivity contribution is 5.85. The number of nitrogens with one attached hydrogen (secondary N) is 1. The molecule has 1 N–H and O–H groups in total. The molecule has 2 heteroatoms. The standard InChI is InChI=1S/C18H26N2/c1-6-19-11-14-10-17(13(4)5)20-18-15(12(2)3)8-7-9-16(14)18/h7-10,12-13,19H,6,11H2,1-5H3. The van der Waals surface area contributed by atoms with Gasteiger partial charge in [-0.1, -0.05) is 52.8 Å². The van der Waals surface area contributed by atoms with Crippen molar-refractivity contribution in [1.29, 1.82) is 0 Å². The molecule has 108 valence electrons. The maximum atomic E-state index is 4.94. The van der Waals surface area contributed by atoms with Crippen LogP contribution in [0.4, 0.5) is 0 Å². The molecule has 0 atom stereocenters. The summed E-state index contributed by atoms with van der Waals surface area (Å²) < 4.78 is 0. The molecule has 0 spiro atoms. The molecule has 0 saturated heterocycles. The Morgan fingerprint density at radius 1 is 1.10 bits per heavy atom. The van der Waals surface area contributed by atoms with Crippen molar-refractivity contribution < 1.29 is 0 Å². The predicted molar refractivity (Wildman–Crippen MR) is 87.3 cm³/mol. The Labute approximate surface area is 122 Å². The van der Waals surface area contributed by atoms with E-state index in [1.54, 1.807) is 0 Å². The highest BCUT2D eigenvalue weighted by Gasteiger charge is 2.12. The van der Waals surface area contributed by atoms with E-state index in [9.17, 15) is 0 Å². The summed E-state index contributed by atoms with van der Waals surface area (Å²) in [5, 5.41) is 4.74. The van der Waals surface area contributed by atoms with Gasteiger partial charge in [0.2, 0.25) is 0 Å². The Kier molecular flexibility index (Phi) is 4.77. The average molecular weight is 270 g/mol. The molecule has 0 aliphatic rings. The molecule has 0 aliphatic heterocycles. The van der Waals surface area contributed by atoms with Crippen LogP contribution in [-0.2, 0) is 6.54 Å². The van der Waals surface area contributed by atoms with Gasteiger partial charge in [0.1, 0.15) is 0 Å². The normalized spacial score (nSPS) is 11.8. The largest absolute Gasteiger partial charge is 0.313 e. The molecule has 0 radical (unpaired) electrons. The predicted octanol–water partition coefficient (Wildman–Crippen LogP) is 4.59. The smallest absolute Gasteiger partial charge is 0.0743 e. The van der Waals surface area contributed by atoms with Crippen LogP contribution in [0.5, 0.6) is 0 Å². The maximum Gasteiger partial charge on any atom is 0.0743 e. The number of para-hydroxylation sites is 1. The number of nitrogens with zero attached hydrogens (tertiary/aromatic N) is 1. The summed E-state index contributed by atoms with van der Waals surface area (Å²) >= 11 is 0. The van der Waals surface area contributed by atoms with E-state index in [2.05, 4.69) is 64.2 Å². The van der Waals surface area contributed by atoms with E-state index in [1.165, 1.54) is 27.7 Å². The molecule has 20 heavy (non-hydrogen) atoms. The Morgan fingerprint density at radius 3 is 2.45 bits per heavy atom. The fourth-order valence-electron chi connectivity index (χ4n) is 2.53. The Morgan fingerprint density at radius 2 is 1.85 bits per heavy atom. The molecule has 0 amide bonds. The van der Waals surface area contributed by atoms with Crippen LogP contribution in [0.25, 0.3) is 10.9 Å². The maximum absolute atomic E-state index is 4.94. The van der Waals surface area contributed by atoms with Crippen LogP contribution in [-0.4, -0.2) is 11.5 Å². The van der Waals surface area contributed by atoms with Gasteiger partial charge in [-0.3, -0.25) is 4.98 Å². The molecule has 2 nitrogen and oxygen atoms in total. The number of fused-ring (bicyclic) bond motifs is 1. The van der Waals surface area contributed by atoms with Crippen molar-refractivity contribution in [2.24, 2.45) is 0 Å². The lowest BCUT2D eigenvalue weighted by molar-refractivity contribution is 0.725. The van der Waals surface area contributed by atoms with Gasteiger partial charge in [0.05, 0.1) is 5.52 Å². The number of aromatic nitrogens is 1. The lowest BCUT2D eigenvalue weighted by atomic mass is 9.95. The highest BCUT2D eigenvalue weighted by atomic mass is 14.8. The summed E-state index contributed by atoms with van der Waals surface area (Å²) in [5.41, 5.74) is 5.09. The lowest BCUT2D eigenvalue weighted by Gasteiger charge is -2.16. The van der Waals surface area contributed by atoms with Crippen LogP contribution < -0.4 is 5.32 Å². The summed E-state index contributed by atoms with van der Waals surface area (Å²) in [6.45, 7) is 12.9. The molecule has 0 saturated carbocycles. The van der Waals surface area contributed by atoms with Gasteiger partial charge in [-0.25, -0.2) is 0 Å². The number of benzene rings is 1. The molecule has 0 bridgehead atoms. The van der Waals surface area contributed by atoms with Crippen molar-refractivity contribution in [3.63, 3.8) is 0 Å². The van der Waals surface area contributed by atoms with E-state index in [0.717, 1.165) is 13.1 Å². The van der Waals surface area contributed by atoms with Gasteiger partial charge in [0.25, 0.3) is 0 Å². The van der Waals surface area contributed by atoms with E-state index >= 15 is 0 Å². The lowest BCUT2D eigenvalue weighted by Crippen LogP contribution is -2.13. The van der Waals surface area contributed by atoms with E-state index in [-0.39, 0.29) is 0 Å². The van der Waals surface area contributed by atoms with Crippen LogP contribution in [0.2, 0.25) is 0 Å². The minimum atomic E-state index is 0.458. The minimum Gasteiger partial charge on any atom is -0.313 e. The first-order valence-corrected chi connectivity index (χ1v) is 7.67.